The fourth-order valence-corrected chi connectivity index (χ4v) is 2.15. The van der Waals surface area contributed by atoms with Crippen LogP contribution in [0.4, 0.5) is 11.4 Å². The lowest BCUT2D eigenvalue weighted by molar-refractivity contribution is 0.340. The molecule has 0 heterocycles. The minimum absolute atomic E-state index is 0.625. The van der Waals surface area contributed by atoms with E-state index in [9.17, 15) is 0 Å². The maximum atomic E-state index is 8.83. The van der Waals surface area contributed by atoms with Crippen molar-refractivity contribution in [2.45, 2.75) is 6.92 Å². The molecule has 0 atom stereocenters. The number of nitriles is 1. The van der Waals surface area contributed by atoms with Crippen LogP contribution in [0.1, 0.15) is 12.5 Å². The Morgan fingerprint density at radius 1 is 1.26 bits per heavy atom. The molecule has 2 rings (SSSR count). The highest BCUT2D eigenvalue weighted by molar-refractivity contribution is 9.10. The smallest absolute Gasteiger partial charge is 0.121 e. The number of ether oxygens (including phenoxy) is 1. The van der Waals surface area contributed by atoms with Crippen molar-refractivity contribution in [1.82, 2.24) is 0 Å². The SMILES string of the molecule is CCOc1cccc(Nc2ccc(C#N)cc2Br)c1. The second-order valence-electron chi connectivity index (χ2n) is 3.89. The highest BCUT2D eigenvalue weighted by atomic mass is 79.9. The molecule has 3 nitrogen and oxygen atoms in total. The van der Waals surface area contributed by atoms with Crippen molar-refractivity contribution in [3.05, 3.63) is 52.5 Å². The van der Waals surface area contributed by atoms with E-state index in [1.54, 1.807) is 12.1 Å². The molecule has 0 unspecified atom stereocenters. The highest BCUT2D eigenvalue weighted by Crippen LogP contribution is 2.28. The summed E-state index contributed by atoms with van der Waals surface area (Å²) in [5, 5.41) is 12.1. The number of nitrogens with one attached hydrogen (secondary N) is 1. The molecule has 0 spiro atoms. The molecule has 2 aromatic carbocycles. The average molecular weight is 317 g/mol. The minimum Gasteiger partial charge on any atom is -0.494 e. The summed E-state index contributed by atoms with van der Waals surface area (Å²) in [6.45, 7) is 2.60. The Morgan fingerprint density at radius 2 is 2.11 bits per heavy atom. The van der Waals surface area contributed by atoms with Gasteiger partial charge in [-0.25, -0.2) is 0 Å². The molecule has 0 bridgehead atoms. The Morgan fingerprint density at radius 3 is 2.79 bits per heavy atom. The first-order valence-electron chi connectivity index (χ1n) is 5.92. The van der Waals surface area contributed by atoms with Crippen LogP contribution in [0.2, 0.25) is 0 Å². The van der Waals surface area contributed by atoms with Gasteiger partial charge in [-0.1, -0.05) is 6.07 Å². The fourth-order valence-electron chi connectivity index (χ4n) is 1.67. The standard InChI is InChI=1S/C15H13BrN2O/c1-2-19-13-5-3-4-12(9-13)18-15-7-6-11(10-17)8-14(15)16/h3-9,18H,2H2,1H3. The van der Waals surface area contributed by atoms with E-state index >= 15 is 0 Å². The summed E-state index contributed by atoms with van der Waals surface area (Å²) in [5.74, 6) is 0.831. The predicted octanol–water partition coefficient (Wildman–Crippen LogP) is 4.46. The molecule has 0 aromatic heterocycles. The summed E-state index contributed by atoms with van der Waals surface area (Å²) in [4.78, 5) is 0. The van der Waals surface area contributed by atoms with Crippen LogP contribution in [-0.2, 0) is 0 Å². The monoisotopic (exact) mass is 316 g/mol. The number of nitrogens with zero attached hydrogens (tertiary/aromatic N) is 1. The molecule has 4 heteroatoms. The van der Waals surface area contributed by atoms with Crippen LogP contribution in [0, 0.1) is 11.3 Å². The molecule has 2 aromatic rings. The van der Waals surface area contributed by atoms with E-state index in [0.29, 0.717) is 12.2 Å². The van der Waals surface area contributed by atoms with Gasteiger partial charge in [0.1, 0.15) is 5.75 Å². The third kappa shape index (κ3) is 3.49. The van der Waals surface area contributed by atoms with Crippen molar-refractivity contribution in [2.24, 2.45) is 0 Å². The number of hydrogen-bond acceptors (Lipinski definition) is 3. The first kappa shape index (κ1) is 13.4. The molecule has 0 saturated carbocycles. The maximum Gasteiger partial charge on any atom is 0.121 e. The normalized spacial score (nSPS) is 9.74. The summed E-state index contributed by atoms with van der Waals surface area (Å²) in [6, 6.07) is 15.3. The lowest BCUT2D eigenvalue weighted by Crippen LogP contribution is -1.94. The summed E-state index contributed by atoms with van der Waals surface area (Å²) in [5.41, 5.74) is 2.48. The first-order chi connectivity index (χ1) is 9.22. The molecular formula is C15H13BrN2O. The lowest BCUT2D eigenvalue weighted by atomic mass is 10.2. The molecule has 0 aliphatic rings. The first-order valence-corrected chi connectivity index (χ1v) is 6.71. The van der Waals surface area contributed by atoms with E-state index < -0.39 is 0 Å². The molecule has 96 valence electrons. The van der Waals surface area contributed by atoms with Crippen molar-refractivity contribution in [1.29, 1.82) is 5.26 Å². The van der Waals surface area contributed by atoms with E-state index in [2.05, 4.69) is 27.3 Å². The van der Waals surface area contributed by atoms with Gasteiger partial charge in [0, 0.05) is 16.2 Å². The average Bonchev–Trinajstić information content (AvgIpc) is 2.42. The van der Waals surface area contributed by atoms with Crippen LogP contribution in [0.3, 0.4) is 0 Å². The van der Waals surface area contributed by atoms with Crippen LogP contribution in [0.15, 0.2) is 46.9 Å². The van der Waals surface area contributed by atoms with Crippen LogP contribution >= 0.6 is 15.9 Å². The van der Waals surface area contributed by atoms with E-state index in [1.807, 2.05) is 37.3 Å². The van der Waals surface area contributed by atoms with E-state index in [4.69, 9.17) is 10.00 Å². The summed E-state index contributed by atoms with van der Waals surface area (Å²) >= 11 is 3.45. The fraction of sp³-hybridized carbons (Fsp3) is 0.133. The van der Waals surface area contributed by atoms with Gasteiger partial charge >= 0.3 is 0 Å². The van der Waals surface area contributed by atoms with Gasteiger partial charge in [-0.05, 0) is 53.2 Å². The van der Waals surface area contributed by atoms with Gasteiger partial charge in [0.05, 0.1) is 23.9 Å². The van der Waals surface area contributed by atoms with Crippen LogP contribution < -0.4 is 10.1 Å². The molecule has 0 amide bonds. The molecule has 0 saturated heterocycles. The van der Waals surface area contributed by atoms with Gasteiger partial charge in [-0.2, -0.15) is 5.26 Å². The lowest BCUT2D eigenvalue weighted by Gasteiger charge is -2.10. The number of anilines is 2. The number of halogens is 1. The number of benzene rings is 2. The van der Waals surface area contributed by atoms with E-state index in [0.717, 1.165) is 21.6 Å². The molecule has 0 aliphatic carbocycles. The molecule has 0 fully saturated rings. The van der Waals surface area contributed by atoms with Crippen molar-refractivity contribution >= 4 is 27.3 Å². The number of rotatable bonds is 4. The van der Waals surface area contributed by atoms with Crippen LogP contribution in [-0.4, -0.2) is 6.61 Å². The molecule has 1 N–H and O–H groups in total. The Labute approximate surface area is 121 Å². The summed E-state index contributed by atoms with van der Waals surface area (Å²) in [7, 11) is 0. The van der Waals surface area contributed by atoms with Crippen LogP contribution in [0.5, 0.6) is 5.75 Å². The van der Waals surface area contributed by atoms with Gasteiger partial charge < -0.3 is 10.1 Å². The summed E-state index contributed by atoms with van der Waals surface area (Å²) < 4.78 is 6.31. The molecule has 19 heavy (non-hydrogen) atoms. The van der Waals surface area contributed by atoms with Crippen molar-refractivity contribution in [3.8, 4) is 11.8 Å². The zero-order chi connectivity index (χ0) is 13.7. The largest absolute Gasteiger partial charge is 0.494 e. The minimum atomic E-state index is 0.625. The van der Waals surface area contributed by atoms with Crippen LogP contribution in [0.25, 0.3) is 0 Å². The zero-order valence-electron chi connectivity index (χ0n) is 10.5. The Kier molecular flexibility index (Phi) is 4.43. The molecular weight excluding hydrogens is 304 g/mol. The zero-order valence-corrected chi connectivity index (χ0v) is 12.1. The van der Waals surface area contributed by atoms with E-state index in [-0.39, 0.29) is 0 Å². The molecule has 0 radical (unpaired) electrons. The van der Waals surface area contributed by atoms with Gasteiger partial charge in [0.15, 0.2) is 0 Å². The van der Waals surface area contributed by atoms with Gasteiger partial charge in [-0.3, -0.25) is 0 Å². The van der Waals surface area contributed by atoms with Crippen molar-refractivity contribution in [2.75, 3.05) is 11.9 Å². The summed E-state index contributed by atoms with van der Waals surface area (Å²) in [6.07, 6.45) is 0. The topological polar surface area (TPSA) is 45.0 Å². The Balaban J connectivity index is 2.21. The highest BCUT2D eigenvalue weighted by Gasteiger charge is 2.03. The van der Waals surface area contributed by atoms with Gasteiger partial charge in [0.25, 0.3) is 0 Å². The van der Waals surface area contributed by atoms with Crippen molar-refractivity contribution < 1.29 is 4.74 Å². The quantitative estimate of drug-likeness (QED) is 0.905. The predicted molar refractivity (Wildman–Crippen MR) is 79.8 cm³/mol. The van der Waals surface area contributed by atoms with Gasteiger partial charge in [0.2, 0.25) is 0 Å². The Hall–Kier alpha value is -1.99. The Bertz CT molecular complexity index is 620. The van der Waals surface area contributed by atoms with E-state index in [1.165, 1.54) is 0 Å². The second-order valence-corrected chi connectivity index (χ2v) is 4.75. The van der Waals surface area contributed by atoms with Gasteiger partial charge in [-0.15, -0.1) is 0 Å². The third-order valence-corrected chi connectivity index (χ3v) is 3.18. The second kappa shape index (κ2) is 6.26. The molecule has 0 aliphatic heterocycles. The third-order valence-electron chi connectivity index (χ3n) is 2.52. The number of hydrogen-bond donors (Lipinski definition) is 1. The van der Waals surface area contributed by atoms with Crippen molar-refractivity contribution in [3.63, 3.8) is 0 Å². The maximum absolute atomic E-state index is 8.83.